The van der Waals surface area contributed by atoms with Gasteiger partial charge in [-0.3, -0.25) is 0 Å². The molecule has 5 nitrogen and oxygen atoms in total. The van der Waals surface area contributed by atoms with Gasteiger partial charge < -0.3 is 18.2 Å². The Bertz CT molecular complexity index is 2420. The topological polar surface area (TPSA) is 55.6 Å². The Kier molecular flexibility index (Phi) is 4.83. The van der Waals surface area contributed by atoms with Gasteiger partial charge >= 0.3 is 0 Å². The first kappa shape index (κ1) is 22.9. The third kappa shape index (κ3) is 3.47. The first-order valence-electron chi connectivity index (χ1n) is 13.9. The largest absolute Gasteiger partial charge is 0.456 e. The lowest BCUT2D eigenvalue weighted by Crippen LogP contribution is -2.09. The van der Waals surface area contributed by atoms with E-state index in [0.717, 1.165) is 77.6 Å². The summed E-state index contributed by atoms with van der Waals surface area (Å²) in [5.41, 5.74) is 8.88. The summed E-state index contributed by atoms with van der Waals surface area (Å²) in [6.45, 7) is 0. The quantitative estimate of drug-likeness (QED) is 0.221. The van der Waals surface area contributed by atoms with E-state index < -0.39 is 0 Å². The number of rotatable bonds is 4. The second kappa shape index (κ2) is 8.85. The first-order valence-corrected chi connectivity index (χ1v) is 13.9. The van der Waals surface area contributed by atoms with Gasteiger partial charge in [-0.1, -0.05) is 54.6 Å². The molecule has 0 saturated heterocycles. The summed E-state index contributed by atoms with van der Waals surface area (Å²) < 4.78 is 18.6. The van der Waals surface area contributed by atoms with E-state index in [9.17, 15) is 0 Å². The minimum atomic E-state index is 0.593. The zero-order valence-corrected chi connectivity index (χ0v) is 22.3. The van der Waals surface area contributed by atoms with Crippen LogP contribution < -0.4 is 4.90 Å². The van der Waals surface area contributed by atoms with Crippen molar-refractivity contribution >= 4 is 72.0 Å². The molecule has 5 heteroatoms. The summed E-state index contributed by atoms with van der Waals surface area (Å²) in [4.78, 5) is 7.19. The van der Waals surface area contributed by atoms with Gasteiger partial charge in [0.15, 0.2) is 5.58 Å². The lowest BCUT2D eigenvalue weighted by atomic mass is 10.1. The molecule has 9 aromatic rings. The SMILES string of the molecule is c1ccc(-c2nc3c(ccc4oc5ccc(N(c6ccccc6)c6ccc7oc8ccccc8c7c6)cc5c43)o2)cc1. The number of oxazole rings is 1. The van der Waals surface area contributed by atoms with Crippen LogP contribution in [0.3, 0.4) is 0 Å². The Balaban J connectivity index is 1.27. The Morgan fingerprint density at radius 2 is 1.02 bits per heavy atom. The molecule has 0 aliphatic carbocycles. The zero-order chi connectivity index (χ0) is 27.6. The fourth-order valence-electron chi connectivity index (χ4n) is 5.96. The van der Waals surface area contributed by atoms with Crippen LogP contribution in [0.2, 0.25) is 0 Å². The predicted octanol–water partition coefficient (Wildman–Crippen LogP) is 10.8. The van der Waals surface area contributed by atoms with Crippen molar-refractivity contribution in [3.05, 3.63) is 133 Å². The summed E-state index contributed by atoms with van der Waals surface area (Å²) in [6.07, 6.45) is 0. The van der Waals surface area contributed by atoms with E-state index in [1.165, 1.54) is 0 Å². The zero-order valence-electron chi connectivity index (χ0n) is 22.3. The Morgan fingerprint density at radius 3 is 1.83 bits per heavy atom. The molecule has 3 aromatic heterocycles. The van der Waals surface area contributed by atoms with Crippen LogP contribution in [0.1, 0.15) is 0 Å². The molecule has 0 fully saturated rings. The van der Waals surface area contributed by atoms with E-state index in [-0.39, 0.29) is 0 Å². The van der Waals surface area contributed by atoms with E-state index in [1.807, 2.05) is 72.8 Å². The van der Waals surface area contributed by atoms with E-state index in [0.29, 0.717) is 5.89 Å². The summed E-state index contributed by atoms with van der Waals surface area (Å²) in [7, 11) is 0. The summed E-state index contributed by atoms with van der Waals surface area (Å²) in [5, 5.41) is 4.11. The Morgan fingerprint density at radius 1 is 0.429 bits per heavy atom. The van der Waals surface area contributed by atoms with Crippen LogP contribution in [0.25, 0.3) is 66.4 Å². The molecule has 0 saturated carbocycles. The molecule has 9 rings (SSSR count). The number of para-hydroxylation sites is 2. The van der Waals surface area contributed by atoms with Crippen LogP contribution in [-0.2, 0) is 0 Å². The maximum absolute atomic E-state index is 6.30. The van der Waals surface area contributed by atoms with Crippen molar-refractivity contribution in [2.45, 2.75) is 0 Å². The second-order valence-corrected chi connectivity index (χ2v) is 10.4. The normalized spacial score (nSPS) is 11.8. The van der Waals surface area contributed by atoms with Crippen molar-refractivity contribution in [1.29, 1.82) is 0 Å². The minimum absolute atomic E-state index is 0.593. The van der Waals surface area contributed by atoms with Crippen molar-refractivity contribution in [3.63, 3.8) is 0 Å². The Hall–Kier alpha value is -5.81. The smallest absolute Gasteiger partial charge is 0.227 e. The molecule has 0 N–H and O–H groups in total. The summed E-state index contributed by atoms with van der Waals surface area (Å²) in [5.74, 6) is 0.593. The first-order chi connectivity index (χ1) is 20.8. The van der Waals surface area contributed by atoms with Crippen LogP contribution in [-0.4, -0.2) is 4.98 Å². The summed E-state index contributed by atoms with van der Waals surface area (Å²) in [6, 6.07) is 45.1. The molecule has 0 aliphatic rings. The fraction of sp³-hybridized carbons (Fsp3) is 0. The van der Waals surface area contributed by atoms with Gasteiger partial charge in [-0.15, -0.1) is 0 Å². The molecule has 0 bridgehead atoms. The van der Waals surface area contributed by atoms with E-state index in [2.05, 4.69) is 65.6 Å². The van der Waals surface area contributed by atoms with Crippen LogP contribution in [0.15, 0.2) is 147 Å². The van der Waals surface area contributed by atoms with Crippen molar-refractivity contribution < 1.29 is 13.3 Å². The maximum Gasteiger partial charge on any atom is 0.227 e. The molecule has 6 aromatic carbocycles. The number of nitrogens with zero attached hydrogens (tertiary/aromatic N) is 2. The lowest BCUT2D eigenvalue weighted by molar-refractivity contribution is 0.619. The highest BCUT2D eigenvalue weighted by molar-refractivity contribution is 6.17. The van der Waals surface area contributed by atoms with Gasteiger partial charge in [-0.2, -0.15) is 0 Å². The molecule has 0 amide bonds. The number of hydrogen-bond donors (Lipinski definition) is 0. The van der Waals surface area contributed by atoms with Gasteiger partial charge in [-0.25, -0.2) is 4.98 Å². The predicted molar refractivity (Wildman–Crippen MR) is 169 cm³/mol. The number of furan rings is 2. The average Bonchev–Trinajstić information content (AvgIpc) is 3.75. The third-order valence-corrected chi connectivity index (χ3v) is 7.89. The van der Waals surface area contributed by atoms with Gasteiger partial charge in [0, 0.05) is 38.8 Å². The highest BCUT2D eigenvalue weighted by Gasteiger charge is 2.20. The van der Waals surface area contributed by atoms with Crippen LogP contribution in [0, 0.1) is 0 Å². The highest BCUT2D eigenvalue weighted by Crippen LogP contribution is 2.42. The van der Waals surface area contributed by atoms with Gasteiger partial charge in [0.05, 0.1) is 5.39 Å². The molecule has 0 unspecified atom stereocenters. The number of fused-ring (bicyclic) bond motifs is 8. The lowest BCUT2D eigenvalue weighted by Gasteiger charge is -2.25. The molecule has 3 heterocycles. The molecular formula is C37H22N2O3. The monoisotopic (exact) mass is 542 g/mol. The van der Waals surface area contributed by atoms with Gasteiger partial charge in [0.25, 0.3) is 0 Å². The highest BCUT2D eigenvalue weighted by atomic mass is 16.4. The maximum atomic E-state index is 6.30. The molecule has 198 valence electrons. The van der Waals surface area contributed by atoms with Crippen LogP contribution in [0.5, 0.6) is 0 Å². The van der Waals surface area contributed by atoms with E-state index in [1.54, 1.807) is 0 Å². The molecule has 0 spiro atoms. The van der Waals surface area contributed by atoms with Crippen LogP contribution >= 0.6 is 0 Å². The number of hydrogen-bond acceptors (Lipinski definition) is 5. The van der Waals surface area contributed by atoms with Crippen molar-refractivity contribution in [1.82, 2.24) is 4.98 Å². The van der Waals surface area contributed by atoms with Gasteiger partial charge in [0.1, 0.15) is 27.8 Å². The molecule has 0 aliphatic heterocycles. The van der Waals surface area contributed by atoms with E-state index >= 15 is 0 Å². The standard InChI is InChI=1S/C37H22N2O3/c1-3-9-23(10-4-1)37-38-36-34(42-37)20-19-33-35(36)29-22-26(16-18-32(29)41-33)39(24-11-5-2-6-12-24)25-15-17-31-28(21-25)27-13-7-8-14-30(27)40-31/h1-22H. The van der Waals surface area contributed by atoms with Crippen molar-refractivity contribution in [2.24, 2.45) is 0 Å². The Labute approximate surface area is 239 Å². The molecule has 0 atom stereocenters. The minimum Gasteiger partial charge on any atom is -0.456 e. The number of anilines is 3. The third-order valence-electron chi connectivity index (χ3n) is 7.89. The number of benzene rings is 6. The number of aromatic nitrogens is 1. The van der Waals surface area contributed by atoms with Gasteiger partial charge in [-0.05, 0) is 78.9 Å². The van der Waals surface area contributed by atoms with Crippen LogP contribution in [0.4, 0.5) is 17.1 Å². The molecular weight excluding hydrogens is 520 g/mol. The second-order valence-electron chi connectivity index (χ2n) is 10.4. The summed E-state index contributed by atoms with van der Waals surface area (Å²) >= 11 is 0. The average molecular weight is 543 g/mol. The van der Waals surface area contributed by atoms with E-state index in [4.69, 9.17) is 18.2 Å². The van der Waals surface area contributed by atoms with Crippen molar-refractivity contribution in [3.8, 4) is 11.5 Å². The van der Waals surface area contributed by atoms with Crippen molar-refractivity contribution in [2.75, 3.05) is 4.90 Å². The molecule has 42 heavy (non-hydrogen) atoms. The molecule has 0 radical (unpaired) electrons. The van der Waals surface area contributed by atoms with Gasteiger partial charge in [0.2, 0.25) is 5.89 Å². The fourth-order valence-corrected chi connectivity index (χ4v) is 5.96.